The van der Waals surface area contributed by atoms with E-state index in [2.05, 4.69) is 10.3 Å². The van der Waals surface area contributed by atoms with Crippen LogP contribution in [0, 0.1) is 11.3 Å². The van der Waals surface area contributed by atoms with Crippen LogP contribution in [0.3, 0.4) is 0 Å². The molecule has 0 fully saturated rings. The SMILES string of the molecule is C[C@H](Cc1c[nH]c2c(OCC#N)cccc12)NC(=O)OC(C)(C)C. The van der Waals surface area contributed by atoms with Gasteiger partial charge in [-0.05, 0) is 45.7 Å². The van der Waals surface area contributed by atoms with Crippen LogP contribution < -0.4 is 10.1 Å². The van der Waals surface area contributed by atoms with E-state index in [0.717, 1.165) is 16.5 Å². The van der Waals surface area contributed by atoms with Gasteiger partial charge in [-0.1, -0.05) is 12.1 Å². The van der Waals surface area contributed by atoms with Crippen LogP contribution in [0.5, 0.6) is 5.75 Å². The highest BCUT2D eigenvalue weighted by Crippen LogP contribution is 2.28. The van der Waals surface area contributed by atoms with Crippen molar-refractivity contribution in [1.29, 1.82) is 5.26 Å². The summed E-state index contributed by atoms with van der Waals surface area (Å²) in [6.07, 6.45) is 2.13. The first-order chi connectivity index (χ1) is 11.3. The van der Waals surface area contributed by atoms with Crippen molar-refractivity contribution in [1.82, 2.24) is 10.3 Å². The van der Waals surface area contributed by atoms with Gasteiger partial charge in [0, 0.05) is 17.6 Å². The Hall–Kier alpha value is -2.68. The van der Waals surface area contributed by atoms with E-state index in [1.165, 1.54) is 0 Å². The summed E-state index contributed by atoms with van der Waals surface area (Å²) >= 11 is 0. The third kappa shape index (κ3) is 4.66. The first-order valence-electron chi connectivity index (χ1n) is 7.88. The molecule has 0 unspecified atom stereocenters. The van der Waals surface area contributed by atoms with Gasteiger partial charge >= 0.3 is 6.09 Å². The maximum Gasteiger partial charge on any atom is 0.407 e. The Kier molecular flexibility index (Phi) is 5.35. The number of para-hydroxylation sites is 1. The number of nitrogens with one attached hydrogen (secondary N) is 2. The van der Waals surface area contributed by atoms with Crippen molar-refractivity contribution in [3.8, 4) is 11.8 Å². The largest absolute Gasteiger partial charge is 0.477 e. The highest BCUT2D eigenvalue weighted by molar-refractivity contribution is 5.88. The Morgan fingerprint density at radius 1 is 1.42 bits per heavy atom. The van der Waals surface area contributed by atoms with E-state index in [0.29, 0.717) is 12.2 Å². The van der Waals surface area contributed by atoms with Crippen LogP contribution in [0.4, 0.5) is 4.79 Å². The first kappa shape index (κ1) is 17.7. The van der Waals surface area contributed by atoms with Crippen molar-refractivity contribution in [2.75, 3.05) is 6.61 Å². The van der Waals surface area contributed by atoms with Gasteiger partial charge in [-0.15, -0.1) is 0 Å². The number of fused-ring (bicyclic) bond motifs is 1. The van der Waals surface area contributed by atoms with Crippen molar-refractivity contribution in [2.45, 2.75) is 45.8 Å². The highest BCUT2D eigenvalue weighted by Gasteiger charge is 2.18. The summed E-state index contributed by atoms with van der Waals surface area (Å²) in [4.78, 5) is 15.0. The minimum atomic E-state index is -0.516. The summed E-state index contributed by atoms with van der Waals surface area (Å²) in [6, 6.07) is 7.58. The Bertz CT molecular complexity index is 753. The molecule has 0 bridgehead atoms. The molecule has 0 aliphatic rings. The molecule has 2 aromatic rings. The third-order valence-electron chi connectivity index (χ3n) is 3.34. The molecule has 0 saturated heterocycles. The van der Waals surface area contributed by atoms with E-state index in [-0.39, 0.29) is 12.6 Å². The zero-order valence-electron chi connectivity index (χ0n) is 14.5. The molecule has 0 saturated carbocycles. The van der Waals surface area contributed by atoms with Gasteiger partial charge in [0.1, 0.15) is 17.4 Å². The van der Waals surface area contributed by atoms with E-state index in [1.807, 2.05) is 58.2 Å². The quantitative estimate of drug-likeness (QED) is 0.878. The molecule has 128 valence electrons. The van der Waals surface area contributed by atoms with Crippen molar-refractivity contribution in [3.63, 3.8) is 0 Å². The summed E-state index contributed by atoms with van der Waals surface area (Å²) in [6.45, 7) is 7.43. The van der Waals surface area contributed by atoms with Crippen molar-refractivity contribution < 1.29 is 14.3 Å². The van der Waals surface area contributed by atoms with Crippen LogP contribution in [-0.2, 0) is 11.2 Å². The number of alkyl carbamates (subject to hydrolysis) is 1. The monoisotopic (exact) mass is 329 g/mol. The molecule has 1 aromatic carbocycles. The second-order valence-corrected chi connectivity index (χ2v) is 6.69. The Morgan fingerprint density at radius 2 is 2.17 bits per heavy atom. The number of H-pyrrole nitrogens is 1. The lowest BCUT2D eigenvalue weighted by Crippen LogP contribution is -2.38. The van der Waals surface area contributed by atoms with Gasteiger partial charge in [0.25, 0.3) is 0 Å². The van der Waals surface area contributed by atoms with Crippen molar-refractivity contribution >= 4 is 17.0 Å². The topological polar surface area (TPSA) is 87.1 Å². The molecule has 1 heterocycles. The van der Waals surface area contributed by atoms with Crippen LogP contribution in [-0.4, -0.2) is 29.3 Å². The van der Waals surface area contributed by atoms with E-state index < -0.39 is 11.7 Å². The zero-order chi connectivity index (χ0) is 17.7. The number of ether oxygens (including phenoxy) is 2. The molecule has 2 N–H and O–H groups in total. The summed E-state index contributed by atoms with van der Waals surface area (Å²) in [5.41, 5.74) is 1.40. The maximum absolute atomic E-state index is 11.8. The molecule has 2 rings (SSSR count). The second kappa shape index (κ2) is 7.26. The average Bonchev–Trinajstić information content (AvgIpc) is 2.86. The number of carbonyl (C=O) groups is 1. The lowest BCUT2D eigenvalue weighted by atomic mass is 10.1. The summed E-state index contributed by atoms with van der Waals surface area (Å²) in [5, 5.41) is 12.5. The molecule has 6 nitrogen and oxygen atoms in total. The smallest absolute Gasteiger partial charge is 0.407 e. The summed E-state index contributed by atoms with van der Waals surface area (Å²) in [7, 11) is 0. The number of amides is 1. The molecule has 6 heteroatoms. The number of nitrogens with zero attached hydrogens (tertiary/aromatic N) is 1. The number of benzene rings is 1. The van der Waals surface area contributed by atoms with Crippen LogP contribution in [0.15, 0.2) is 24.4 Å². The summed E-state index contributed by atoms with van der Waals surface area (Å²) < 4.78 is 10.7. The number of rotatable bonds is 5. The van der Waals surface area contributed by atoms with E-state index in [1.54, 1.807) is 0 Å². The molecule has 0 spiro atoms. The van der Waals surface area contributed by atoms with Gasteiger partial charge < -0.3 is 19.8 Å². The number of aromatic amines is 1. The van der Waals surface area contributed by atoms with Gasteiger partial charge in [0.15, 0.2) is 6.61 Å². The van der Waals surface area contributed by atoms with E-state index >= 15 is 0 Å². The Balaban J connectivity index is 2.07. The normalized spacial score (nSPS) is 12.5. The number of hydrogen-bond acceptors (Lipinski definition) is 4. The maximum atomic E-state index is 11.8. The minimum absolute atomic E-state index is 0.00404. The fraction of sp³-hybridized carbons (Fsp3) is 0.444. The number of aromatic nitrogens is 1. The molecule has 1 aromatic heterocycles. The predicted octanol–water partition coefficient (Wildman–Crippen LogP) is 3.53. The van der Waals surface area contributed by atoms with Gasteiger partial charge in [0.05, 0.1) is 5.52 Å². The lowest BCUT2D eigenvalue weighted by molar-refractivity contribution is 0.0508. The van der Waals surface area contributed by atoms with E-state index in [4.69, 9.17) is 14.7 Å². The molecule has 1 atom stereocenters. The molecule has 0 aliphatic carbocycles. The Morgan fingerprint density at radius 3 is 2.83 bits per heavy atom. The zero-order valence-corrected chi connectivity index (χ0v) is 14.5. The van der Waals surface area contributed by atoms with Gasteiger partial charge in [0.2, 0.25) is 0 Å². The standard InChI is InChI=1S/C18H23N3O3/c1-12(21-17(22)24-18(2,3)4)10-13-11-20-16-14(13)6-5-7-15(16)23-9-8-19/h5-7,11-12,20H,9-10H2,1-4H3,(H,21,22)/t12-/m1/s1. The first-order valence-corrected chi connectivity index (χ1v) is 7.88. The van der Waals surface area contributed by atoms with Crippen molar-refractivity contribution in [2.24, 2.45) is 0 Å². The van der Waals surface area contributed by atoms with Gasteiger partial charge in [-0.3, -0.25) is 0 Å². The van der Waals surface area contributed by atoms with Crippen LogP contribution >= 0.6 is 0 Å². The highest BCUT2D eigenvalue weighted by atomic mass is 16.6. The van der Waals surface area contributed by atoms with Crippen LogP contribution in [0.25, 0.3) is 10.9 Å². The average molecular weight is 329 g/mol. The minimum Gasteiger partial charge on any atom is -0.477 e. The second-order valence-electron chi connectivity index (χ2n) is 6.69. The molecular weight excluding hydrogens is 306 g/mol. The lowest BCUT2D eigenvalue weighted by Gasteiger charge is -2.21. The van der Waals surface area contributed by atoms with Gasteiger partial charge in [-0.25, -0.2) is 4.79 Å². The summed E-state index contributed by atoms with van der Waals surface area (Å²) in [5.74, 6) is 0.646. The molecular formula is C18H23N3O3. The number of hydrogen-bond donors (Lipinski definition) is 2. The fourth-order valence-corrected chi connectivity index (χ4v) is 2.47. The van der Waals surface area contributed by atoms with Crippen LogP contribution in [0.2, 0.25) is 0 Å². The van der Waals surface area contributed by atoms with Gasteiger partial charge in [-0.2, -0.15) is 5.26 Å². The number of carbonyl (C=O) groups excluding carboxylic acids is 1. The third-order valence-corrected chi connectivity index (χ3v) is 3.34. The molecule has 0 radical (unpaired) electrons. The van der Waals surface area contributed by atoms with Crippen molar-refractivity contribution in [3.05, 3.63) is 30.0 Å². The molecule has 0 aliphatic heterocycles. The van der Waals surface area contributed by atoms with E-state index in [9.17, 15) is 4.79 Å². The fourth-order valence-electron chi connectivity index (χ4n) is 2.47. The molecule has 1 amide bonds. The predicted molar refractivity (Wildman–Crippen MR) is 91.9 cm³/mol. The number of nitriles is 1. The van der Waals surface area contributed by atoms with Crippen LogP contribution in [0.1, 0.15) is 33.3 Å². The molecule has 24 heavy (non-hydrogen) atoms. The Labute approximate surface area is 141 Å².